The summed E-state index contributed by atoms with van der Waals surface area (Å²) in [4.78, 5) is 0. The van der Waals surface area contributed by atoms with Gasteiger partial charge in [0, 0.05) is 0 Å². The van der Waals surface area contributed by atoms with Gasteiger partial charge in [-0.1, -0.05) is 60.7 Å². The summed E-state index contributed by atoms with van der Waals surface area (Å²) in [6, 6.07) is 15.9. The highest BCUT2D eigenvalue weighted by Gasteiger charge is 2.39. The molecule has 0 radical (unpaired) electrons. The van der Waals surface area contributed by atoms with E-state index in [4.69, 9.17) is 0 Å². The summed E-state index contributed by atoms with van der Waals surface area (Å²) < 4.78 is 31.8. The average Bonchev–Trinajstić information content (AvgIpc) is 2.45. The van der Waals surface area contributed by atoms with Gasteiger partial charge in [0.15, 0.2) is 0 Å². The molecule has 0 aromatic heterocycles. The lowest BCUT2D eigenvalue weighted by Crippen LogP contribution is -2.42. The Morgan fingerprint density at radius 1 is 0.680 bits per heavy atom. The van der Waals surface area contributed by atoms with Crippen LogP contribution in [0.4, 0.5) is 0 Å². The molecule has 0 fully saturated rings. The van der Waals surface area contributed by atoms with Gasteiger partial charge in [0.25, 0.3) is 11.9 Å². The molecule has 136 valence electrons. The van der Waals surface area contributed by atoms with Crippen molar-refractivity contribution in [1.29, 1.82) is 0 Å². The zero-order chi connectivity index (χ0) is 18.6. The molecular weight excluding hydrogens is 352 g/mol. The quantitative estimate of drug-likeness (QED) is 0.478. The lowest BCUT2D eigenvalue weighted by molar-refractivity contribution is -0.316. The van der Waals surface area contributed by atoms with Gasteiger partial charge in [-0.25, -0.2) is 0 Å². The topological polar surface area (TPSA) is 134 Å². The van der Waals surface area contributed by atoms with Crippen LogP contribution in [0.2, 0.25) is 0 Å². The van der Waals surface area contributed by atoms with E-state index in [1.54, 1.807) is 36.4 Å². The van der Waals surface area contributed by atoms with Gasteiger partial charge in [-0.05, 0) is 11.1 Å². The molecule has 8 nitrogen and oxygen atoms in total. The molecule has 2 rings (SSSR count). The summed E-state index contributed by atoms with van der Waals surface area (Å²) in [6.45, 7) is 0. The van der Waals surface area contributed by atoms with Crippen molar-refractivity contribution in [3.05, 3.63) is 71.8 Å². The summed E-state index contributed by atoms with van der Waals surface area (Å²) in [5, 5.41) is 38.8. The molecule has 0 aliphatic carbocycles. The second-order valence-electron chi connectivity index (χ2n) is 5.39. The first-order chi connectivity index (χ1) is 11.6. The molecule has 2 aromatic carbocycles. The second kappa shape index (κ2) is 7.58. The van der Waals surface area contributed by atoms with E-state index in [0.717, 1.165) is 0 Å². The summed E-state index contributed by atoms with van der Waals surface area (Å²) in [7, 11) is -5.14. The standard InChI is InChI=1S/C16H18O8S/c17-15(18,11-13-7-3-1-4-8-13)23-25(21,22)24-16(19,20)12-14-9-5-2-6-10-14/h1-10,17-20H,11-12H2. The van der Waals surface area contributed by atoms with Gasteiger partial charge >= 0.3 is 10.4 Å². The average molecular weight is 370 g/mol. The molecule has 0 aliphatic rings. The predicted molar refractivity (Wildman–Crippen MR) is 85.7 cm³/mol. The van der Waals surface area contributed by atoms with Gasteiger partial charge in [0.2, 0.25) is 0 Å². The van der Waals surface area contributed by atoms with E-state index in [1.807, 2.05) is 0 Å². The monoisotopic (exact) mass is 370 g/mol. The van der Waals surface area contributed by atoms with Crippen LogP contribution in [0.3, 0.4) is 0 Å². The van der Waals surface area contributed by atoms with Crippen LogP contribution in [0.1, 0.15) is 11.1 Å². The fourth-order valence-electron chi connectivity index (χ4n) is 2.13. The molecule has 0 saturated heterocycles. The minimum Gasteiger partial charge on any atom is -0.342 e. The number of hydrogen-bond donors (Lipinski definition) is 4. The molecular formula is C16H18O8S. The van der Waals surface area contributed by atoms with E-state index in [-0.39, 0.29) is 0 Å². The van der Waals surface area contributed by atoms with Crippen molar-refractivity contribution in [1.82, 2.24) is 0 Å². The molecule has 25 heavy (non-hydrogen) atoms. The van der Waals surface area contributed by atoms with Crippen molar-refractivity contribution in [2.45, 2.75) is 24.8 Å². The van der Waals surface area contributed by atoms with Gasteiger partial charge in [-0.15, -0.1) is 0 Å². The number of rotatable bonds is 8. The van der Waals surface area contributed by atoms with Crippen LogP contribution in [0.15, 0.2) is 60.7 Å². The largest absolute Gasteiger partial charge is 0.409 e. The molecule has 0 aliphatic heterocycles. The Labute approximate surface area is 144 Å². The maximum Gasteiger partial charge on any atom is 0.409 e. The van der Waals surface area contributed by atoms with Crippen LogP contribution < -0.4 is 0 Å². The summed E-state index contributed by atoms with van der Waals surface area (Å²) in [5.74, 6) is -6.24. The Morgan fingerprint density at radius 3 is 1.32 bits per heavy atom. The van der Waals surface area contributed by atoms with Crippen LogP contribution in [0, 0.1) is 0 Å². The van der Waals surface area contributed by atoms with Crippen molar-refractivity contribution in [2.75, 3.05) is 0 Å². The lowest BCUT2D eigenvalue weighted by Gasteiger charge is -2.24. The molecule has 0 spiro atoms. The normalized spacial score (nSPS) is 13.0. The van der Waals surface area contributed by atoms with E-state index in [0.29, 0.717) is 11.1 Å². The Kier molecular flexibility index (Phi) is 5.91. The van der Waals surface area contributed by atoms with E-state index in [9.17, 15) is 28.8 Å². The van der Waals surface area contributed by atoms with E-state index in [2.05, 4.69) is 8.37 Å². The maximum atomic E-state index is 11.8. The highest BCUT2D eigenvalue weighted by atomic mass is 32.3. The van der Waals surface area contributed by atoms with Crippen LogP contribution in [-0.4, -0.2) is 40.8 Å². The minimum absolute atomic E-state index is 0.381. The van der Waals surface area contributed by atoms with Gasteiger partial charge in [0.1, 0.15) is 0 Å². The first-order valence-corrected chi connectivity index (χ1v) is 8.54. The molecule has 0 bridgehead atoms. The van der Waals surface area contributed by atoms with Crippen molar-refractivity contribution in [2.24, 2.45) is 0 Å². The maximum absolute atomic E-state index is 11.8. The smallest absolute Gasteiger partial charge is 0.342 e. The van der Waals surface area contributed by atoms with Crippen molar-refractivity contribution >= 4 is 10.4 Å². The van der Waals surface area contributed by atoms with Gasteiger partial charge in [-0.2, -0.15) is 16.8 Å². The van der Waals surface area contributed by atoms with Crippen molar-refractivity contribution < 1.29 is 37.2 Å². The highest BCUT2D eigenvalue weighted by molar-refractivity contribution is 7.81. The zero-order valence-corrected chi connectivity index (χ0v) is 13.8. The second-order valence-corrected chi connectivity index (χ2v) is 6.54. The Bertz CT molecular complexity index is 711. The molecule has 0 unspecified atom stereocenters. The van der Waals surface area contributed by atoms with E-state index < -0.39 is 35.2 Å². The first kappa shape index (κ1) is 19.5. The summed E-state index contributed by atoms with van der Waals surface area (Å²) in [6.07, 6.45) is -1.17. The SMILES string of the molecule is O=S(=O)(OC(O)(O)Cc1ccccc1)OC(O)(O)Cc1ccccc1. The number of aliphatic hydroxyl groups is 4. The lowest BCUT2D eigenvalue weighted by atomic mass is 10.1. The highest BCUT2D eigenvalue weighted by Crippen LogP contribution is 2.20. The van der Waals surface area contributed by atoms with Gasteiger partial charge in [0.05, 0.1) is 12.8 Å². The first-order valence-electron chi connectivity index (χ1n) is 7.20. The third kappa shape index (κ3) is 6.88. The van der Waals surface area contributed by atoms with E-state index >= 15 is 0 Å². The van der Waals surface area contributed by atoms with Crippen LogP contribution in [-0.2, 0) is 31.6 Å². The molecule has 0 atom stereocenters. The van der Waals surface area contributed by atoms with Crippen LogP contribution >= 0.6 is 0 Å². The Hall–Kier alpha value is -1.85. The van der Waals surface area contributed by atoms with Gasteiger partial charge < -0.3 is 20.4 Å². The third-order valence-electron chi connectivity index (χ3n) is 3.03. The molecule has 4 N–H and O–H groups in total. The Balaban J connectivity index is 2.02. The fourth-order valence-corrected chi connectivity index (χ4v) is 2.93. The zero-order valence-electron chi connectivity index (χ0n) is 13.0. The van der Waals surface area contributed by atoms with Crippen LogP contribution in [0.5, 0.6) is 0 Å². The van der Waals surface area contributed by atoms with Crippen molar-refractivity contribution in [3.63, 3.8) is 0 Å². The molecule has 9 heteroatoms. The van der Waals surface area contributed by atoms with Crippen LogP contribution in [0.25, 0.3) is 0 Å². The minimum atomic E-state index is -5.14. The van der Waals surface area contributed by atoms with Crippen molar-refractivity contribution in [3.8, 4) is 0 Å². The number of benzene rings is 2. The van der Waals surface area contributed by atoms with Gasteiger partial charge in [-0.3, -0.25) is 0 Å². The predicted octanol–water partition coefficient (Wildman–Crippen LogP) is 0.0266. The summed E-state index contributed by atoms with van der Waals surface area (Å²) >= 11 is 0. The molecule has 2 aromatic rings. The fraction of sp³-hybridized carbons (Fsp3) is 0.250. The molecule has 0 heterocycles. The third-order valence-corrected chi connectivity index (χ3v) is 3.97. The number of hydrogen-bond acceptors (Lipinski definition) is 8. The molecule has 0 saturated carbocycles. The van der Waals surface area contributed by atoms with E-state index in [1.165, 1.54) is 24.3 Å². The molecule has 0 amide bonds. The Morgan fingerprint density at radius 2 is 1.00 bits per heavy atom. The summed E-state index contributed by atoms with van der Waals surface area (Å²) in [5.41, 5.74) is 0.762.